The van der Waals surface area contributed by atoms with Gasteiger partial charge in [-0.25, -0.2) is 0 Å². The van der Waals surface area contributed by atoms with E-state index in [1.807, 2.05) is 78.7 Å². The lowest BCUT2D eigenvalue weighted by Crippen LogP contribution is -2.31. The number of amides is 2. The van der Waals surface area contributed by atoms with Crippen LogP contribution in [0.3, 0.4) is 0 Å². The average molecular weight is 391 g/mol. The number of hydrogen-bond acceptors (Lipinski definition) is 3. The molecule has 0 saturated heterocycles. The molecule has 0 saturated carbocycles. The molecule has 1 unspecified atom stereocenters. The van der Waals surface area contributed by atoms with Crippen molar-refractivity contribution in [1.29, 1.82) is 0 Å². The van der Waals surface area contributed by atoms with Crippen molar-refractivity contribution in [2.45, 2.75) is 32.9 Å². The van der Waals surface area contributed by atoms with E-state index in [0.29, 0.717) is 6.54 Å². The Morgan fingerprint density at radius 2 is 1.96 bits per heavy atom. The molecular formula is C23H22N2O2S. The van der Waals surface area contributed by atoms with E-state index in [0.717, 1.165) is 32.8 Å². The smallest absolute Gasteiger partial charge is 0.255 e. The number of hydrogen-bond donors (Lipinski definition) is 1. The van der Waals surface area contributed by atoms with E-state index in [9.17, 15) is 9.59 Å². The number of thiophene rings is 1. The van der Waals surface area contributed by atoms with Crippen molar-refractivity contribution in [3.63, 3.8) is 0 Å². The number of benzene rings is 2. The molecule has 0 radical (unpaired) electrons. The minimum Gasteiger partial charge on any atom is -0.326 e. The maximum atomic E-state index is 13.0. The van der Waals surface area contributed by atoms with E-state index in [-0.39, 0.29) is 24.3 Å². The summed E-state index contributed by atoms with van der Waals surface area (Å²) in [6.45, 7) is 4.55. The third kappa shape index (κ3) is 3.58. The van der Waals surface area contributed by atoms with Crippen LogP contribution in [0.5, 0.6) is 0 Å². The summed E-state index contributed by atoms with van der Waals surface area (Å²) >= 11 is 1.58. The van der Waals surface area contributed by atoms with Crippen molar-refractivity contribution in [2.24, 2.45) is 0 Å². The monoisotopic (exact) mass is 390 g/mol. The normalized spacial score (nSPS) is 14.1. The van der Waals surface area contributed by atoms with Crippen LogP contribution in [0.25, 0.3) is 0 Å². The number of fused-ring (bicyclic) bond motifs is 1. The summed E-state index contributed by atoms with van der Waals surface area (Å²) in [5.74, 6) is -0.0950. The third-order valence-electron chi connectivity index (χ3n) is 5.13. The summed E-state index contributed by atoms with van der Waals surface area (Å²) < 4.78 is 0. The van der Waals surface area contributed by atoms with E-state index in [4.69, 9.17) is 0 Å². The number of nitrogens with zero attached hydrogens (tertiary/aromatic N) is 1. The molecule has 142 valence electrons. The predicted octanol–water partition coefficient (Wildman–Crippen LogP) is 5.09. The highest BCUT2D eigenvalue weighted by Crippen LogP contribution is 2.35. The van der Waals surface area contributed by atoms with E-state index >= 15 is 0 Å². The summed E-state index contributed by atoms with van der Waals surface area (Å²) in [5.41, 5.74) is 4.76. The number of anilines is 1. The van der Waals surface area contributed by atoms with Crippen molar-refractivity contribution in [3.05, 3.63) is 87.1 Å². The number of nitrogens with one attached hydrogen (secondary N) is 1. The third-order valence-corrected chi connectivity index (χ3v) is 6.11. The van der Waals surface area contributed by atoms with Gasteiger partial charge in [-0.3, -0.25) is 9.59 Å². The zero-order valence-electron chi connectivity index (χ0n) is 15.9. The summed E-state index contributed by atoms with van der Waals surface area (Å²) in [6.07, 6.45) is 0.230. The maximum absolute atomic E-state index is 13.0. The highest BCUT2D eigenvalue weighted by atomic mass is 32.1. The van der Waals surface area contributed by atoms with Gasteiger partial charge < -0.3 is 10.2 Å². The molecule has 1 aromatic heterocycles. The molecule has 0 aliphatic carbocycles. The van der Waals surface area contributed by atoms with E-state index in [2.05, 4.69) is 5.32 Å². The Bertz CT molecular complexity index is 1030. The van der Waals surface area contributed by atoms with Gasteiger partial charge in [-0.2, -0.15) is 0 Å². The van der Waals surface area contributed by atoms with Crippen LogP contribution in [0, 0.1) is 13.8 Å². The minimum atomic E-state index is -0.273. The van der Waals surface area contributed by atoms with Gasteiger partial charge in [-0.1, -0.05) is 42.0 Å². The summed E-state index contributed by atoms with van der Waals surface area (Å²) in [6, 6.07) is 17.3. The Balaban J connectivity index is 1.56. The molecule has 0 spiro atoms. The lowest BCUT2D eigenvalue weighted by atomic mass is 10.1. The van der Waals surface area contributed by atoms with Crippen LogP contribution in [-0.2, 0) is 11.3 Å². The first-order chi connectivity index (χ1) is 13.5. The van der Waals surface area contributed by atoms with Crippen LogP contribution in [-0.4, -0.2) is 16.7 Å². The van der Waals surface area contributed by atoms with Crippen LogP contribution >= 0.6 is 11.3 Å². The fourth-order valence-electron chi connectivity index (χ4n) is 3.70. The number of aryl methyl sites for hydroxylation is 2. The van der Waals surface area contributed by atoms with Gasteiger partial charge in [0.2, 0.25) is 5.91 Å². The van der Waals surface area contributed by atoms with Crippen molar-refractivity contribution in [1.82, 2.24) is 4.90 Å². The first-order valence-corrected chi connectivity index (χ1v) is 10.2. The molecule has 2 amide bonds. The SMILES string of the molecule is Cc1ccc(NC(=O)CC(c2cccs2)N2Cc3ccccc3C2=O)c(C)c1. The molecule has 3 aromatic rings. The summed E-state index contributed by atoms with van der Waals surface area (Å²) in [4.78, 5) is 28.7. The van der Waals surface area contributed by atoms with E-state index < -0.39 is 0 Å². The van der Waals surface area contributed by atoms with Crippen LogP contribution in [0.2, 0.25) is 0 Å². The lowest BCUT2D eigenvalue weighted by Gasteiger charge is -2.27. The molecule has 1 atom stereocenters. The molecule has 2 aromatic carbocycles. The Kier molecular flexibility index (Phi) is 5.01. The topological polar surface area (TPSA) is 49.4 Å². The second-order valence-corrected chi connectivity index (χ2v) is 8.17. The van der Waals surface area contributed by atoms with Gasteiger partial charge in [-0.15, -0.1) is 11.3 Å². The molecule has 0 fully saturated rings. The van der Waals surface area contributed by atoms with Crippen molar-refractivity contribution in [2.75, 3.05) is 5.32 Å². The highest BCUT2D eigenvalue weighted by molar-refractivity contribution is 7.10. The van der Waals surface area contributed by atoms with E-state index in [1.54, 1.807) is 11.3 Å². The van der Waals surface area contributed by atoms with Crippen LogP contribution in [0.4, 0.5) is 5.69 Å². The predicted molar refractivity (Wildman–Crippen MR) is 113 cm³/mol. The molecule has 2 heterocycles. The largest absolute Gasteiger partial charge is 0.326 e. The standard InChI is InChI=1S/C23H22N2O2S/c1-15-9-10-19(16(2)12-15)24-22(26)13-20(21-8-5-11-28-21)25-14-17-6-3-4-7-18(17)23(25)27/h3-12,20H,13-14H2,1-2H3,(H,24,26). The number of carbonyl (C=O) groups excluding carboxylic acids is 2. The van der Waals surface area contributed by atoms with Gasteiger partial charge in [0, 0.05) is 22.7 Å². The summed E-state index contributed by atoms with van der Waals surface area (Å²) in [5, 5.41) is 5.00. The fraction of sp³-hybridized carbons (Fsp3) is 0.217. The second-order valence-electron chi connectivity index (χ2n) is 7.19. The molecule has 0 bridgehead atoms. The van der Waals surface area contributed by atoms with Crippen LogP contribution in [0.15, 0.2) is 60.0 Å². The second kappa shape index (κ2) is 7.60. The zero-order valence-corrected chi connectivity index (χ0v) is 16.8. The number of rotatable bonds is 5. The fourth-order valence-corrected chi connectivity index (χ4v) is 4.54. The van der Waals surface area contributed by atoms with Crippen molar-refractivity contribution < 1.29 is 9.59 Å². The van der Waals surface area contributed by atoms with Crippen LogP contribution < -0.4 is 5.32 Å². The molecule has 1 aliphatic rings. The van der Waals surface area contributed by atoms with Crippen molar-refractivity contribution >= 4 is 28.8 Å². The number of carbonyl (C=O) groups is 2. The Hall–Kier alpha value is -2.92. The van der Waals surface area contributed by atoms with Gasteiger partial charge in [0.15, 0.2) is 0 Å². The first-order valence-electron chi connectivity index (χ1n) is 9.32. The molecule has 5 heteroatoms. The van der Waals surface area contributed by atoms with Gasteiger partial charge >= 0.3 is 0 Å². The molecule has 4 rings (SSSR count). The van der Waals surface area contributed by atoms with Gasteiger partial charge in [0.1, 0.15) is 0 Å². The molecular weight excluding hydrogens is 368 g/mol. The zero-order chi connectivity index (χ0) is 19.7. The molecule has 1 N–H and O–H groups in total. The van der Waals surface area contributed by atoms with Crippen molar-refractivity contribution in [3.8, 4) is 0 Å². The summed E-state index contributed by atoms with van der Waals surface area (Å²) in [7, 11) is 0. The Morgan fingerprint density at radius 1 is 1.14 bits per heavy atom. The highest BCUT2D eigenvalue weighted by Gasteiger charge is 2.34. The van der Waals surface area contributed by atoms with Gasteiger partial charge in [0.05, 0.1) is 12.5 Å². The van der Waals surface area contributed by atoms with Gasteiger partial charge in [0.25, 0.3) is 5.91 Å². The minimum absolute atomic E-state index is 0.00619. The maximum Gasteiger partial charge on any atom is 0.255 e. The quantitative estimate of drug-likeness (QED) is 0.660. The molecule has 4 nitrogen and oxygen atoms in total. The van der Waals surface area contributed by atoms with Gasteiger partial charge in [-0.05, 0) is 48.6 Å². The average Bonchev–Trinajstić information content (AvgIpc) is 3.31. The molecule has 1 aliphatic heterocycles. The Labute approximate surface area is 168 Å². The molecule has 28 heavy (non-hydrogen) atoms. The first kappa shape index (κ1) is 18.4. The van der Waals surface area contributed by atoms with E-state index in [1.165, 1.54) is 0 Å². The van der Waals surface area contributed by atoms with Crippen LogP contribution in [0.1, 0.15) is 44.4 Å². The Morgan fingerprint density at radius 3 is 2.68 bits per heavy atom. The lowest BCUT2D eigenvalue weighted by molar-refractivity contribution is -0.117.